The van der Waals surface area contributed by atoms with Crippen LogP contribution in [0.25, 0.3) is 16.8 Å². The Hall–Kier alpha value is -2.80. The van der Waals surface area contributed by atoms with Gasteiger partial charge in [-0.2, -0.15) is 0 Å². The van der Waals surface area contributed by atoms with E-state index in [1.807, 2.05) is 36.4 Å². The van der Waals surface area contributed by atoms with Crippen molar-refractivity contribution in [1.29, 1.82) is 0 Å². The van der Waals surface area contributed by atoms with Crippen LogP contribution in [-0.4, -0.2) is 28.8 Å². The van der Waals surface area contributed by atoms with E-state index in [4.69, 9.17) is 9.84 Å². The molecular formula is C22H23NO5S. The lowest BCUT2D eigenvalue weighted by molar-refractivity contribution is -0.137. The molecule has 7 heteroatoms. The molecule has 1 aliphatic rings. The van der Waals surface area contributed by atoms with Crippen molar-refractivity contribution in [3.63, 3.8) is 0 Å². The maximum Gasteiger partial charge on any atom is 0.303 e. The van der Waals surface area contributed by atoms with Gasteiger partial charge in [0.2, 0.25) is 0 Å². The quantitative estimate of drug-likeness (QED) is 0.422. The summed E-state index contributed by atoms with van der Waals surface area (Å²) in [6.45, 7) is 0.593. The molecule has 1 heterocycles. The van der Waals surface area contributed by atoms with Crippen LogP contribution >= 0.6 is 11.8 Å². The van der Waals surface area contributed by atoms with Crippen LogP contribution in [0.1, 0.15) is 44.1 Å². The Morgan fingerprint density at radius 1 is 1.00 bits per heavy atom. The molecular weight excluding hydrogens is 390 g/mol. The minimum Gasteiger partial charge on any atom is -0.493 e. The highest BCUT2D eigenvalue weighted by molar-refractivity contribution is 8.18. The van der Waals surface area contributed by atoms with Crippen LogP contribution < -0.4 is 10.1 Å². The number of unbranched alkanes of at least 4 members (excludes halogenated alkanes) is 4. The highest BCUT2D eigenvalue weighted by atomic mass is 32.2. The predicted molar refractivity (Wildman–Crippen MR) is 114 cm³/mol. The number of benzene rings is 2. The molecule has 0 radical (unpaired) electrons. The Morgan fingerprint density at radius 2 is 1.72 bits per heavy atom. The molecule has 2 aromatic carbocycles. The number of carbonyl (C=O) groups excluding carboxylic acids is 2. The minimum absolute atomic E-state index is 0.235. The van der Waals surface area contributed by atoms with E-state index in [0.29, 0.717) is 11.5 Å². The maximum absolute atomic E-state index is 11.8. The van der Waals surface area contributed by atoms with Crippen molar-refractivity contribution in [3.05, 3.63) is 46.9 Å². The number of hydrogen-bond acceptors (Lipinski definition) is 5. The number of fused-ring (bicyclic) bond motifs is 1. The second-order valence-electron chi connectivity index (χ2n) is 6.81. The lowest BCUT2D eigenvalue weighted by Gasteiger charge is -2.11. The summed E-state index contributed by atoms with van der Waals surface area (Å²) < 4.78 is 5.97. The summed E-state index contributed by atoms with van der Waals surface area (Å²) >= 11 is 0.905. The van der Waals surface area contributed by atoms with Gasteiger partial charge in [0.15, 0.2) is 0 Å². The molecule has 0 aliphatic carbocycles. The van der Waals surface area contributed by atoms with Gasteiger partial charge in [0.25, 0.3) is 11.1 Å². The van der Waals surface area contributed by atoms with E-state index in [2.05, 4.69) is 5.32 Å². The molecule has 2 amide bonds. The first-order valence-electron chi connectivity index (χ1n) is 9.66. The van der Waals surface area contributed by atoms with Crippen LogP contribution in [0.3, 0.4) is 0 Å². The van der Waals surface area contributed by atoms with Gasteiger partial charge in [0.1, 0.15) is 5.75 Å². The molecule has 1 aliphatic heterocycles. The van der Waals surface area contributed by atoms with E-state index in [9.17, 15) is 14.4 Å². The molecule has 1 fully saturated rings. The van der Waals surface area contributed by atoms with Crippen molar-refractivity contribution in [1.82, 2.24) is 5.32 Å². The molecule has 0 spiro atoms. The standard InChI is InChI=1S/C22H23NO5S/c24-20(25)10-4-2-1-3-7-13-28-18-12-11-15(16-8-5-6-9-17(16)18)14-19-21(26)23-22(27)29-19/h5-6,8-9,11-12,14H,1-4,7,10,13H2,(H,24,25)(H,23,26,27). The number of nitrogens with one attached hydrogen (secondary N) is 1. The number of carboxylic acids is 1. The van der Waals surface area contributed by atoms with Crippen molar-refractivity contribution in [2.45, 2.75) is 38.5 Å². The lowest BCUT2D eigenvalue weighted by Crippen LogP contribution is -2.17. The van der Waals surface area contributed by atoms with Crippen molar-refractivity contribution in [3.8, 4) is 5.75 Å². The molecule has 29 heavy (non-hydrogen) atoms. The van der Waals surface area contributed by atoms with Gasteiger partial charge in [-0.25, -0.2) is 0 Å². The SMILES string of the molecule is O=C(O)CCCCCCCOc1ccc(C=C2SC(=O)NC2=O)c2ccccc12. The molecule has 0 unspecified atom stereocenters. The van der Waals surface area contributed by atoms with Gasteiger partial charge < -0.3 is 9.84 Å². The maximum atomic E-state index is 11.8. The number of thioether (sulfide) groups is 1. The van der Waals surface area contributed by atoms with Gasteiger partial charge in [-0.1, -0.05) is 49.6 Å². The average molecular weight is 413 g/mol. The van der Waals surface area contributed by atoms with Gasteiger partial charge in [-0.15, -0.1) is 0 Å². The number of amides is 2. The summed E-state index contributed by atoms with van der Waals surface area (Å²) in [5, 5.41) is 12.5. The lowest BCUT2D eigenvalue weighted by atomic mass is 10.0. The Labute approximate surface area is 173 Å². The molecule has 2 aromatic rings. The molecule has 0 atom stereocenters. The topological polar surface area (TPSA) is 92.7 Å². The molecule has 6 nitrogen and oxygen atoms in total. The molecule has 2 N–H and O–H groups in total. The number of aliphatic carboxylic acids is 1. The summed E-state index contributed by atoms with van der Waals surface area (Å²) in [6, 6.07) is 11.6. The summed E-state index contributed by atoms with van der Waals surface area (Å²) in [6.07, 6.45) is 6.52. The van der Waals surface area contributed by atoms with Crippen LogP contribution in [0.2, 0.25) is 0 Å². The molecule has 0 bridgehead atoms. The van der Waals surface area contributed by atoms with Gasteiger partial charge in [0, 0.05) is 11.8 Å². The fourth-order valence-corrected chi connectivity index (χ4v) is 3.87. The van der Waals surface area contributed by atoms with Crippen molar-refractivity contribution < 1.29 is 24.2 Å². The van der Waals surface area contributed by atoms with Gasteiger partial charge in [-0.05, 0) is 47.7 Å². The molecule has 1 saturated heterocycles. The normalized spacial score (nSPS) is 15.1. The van der Waals surface area contributed by atoms with Crippen LogP contribution in [0, 0.1) is 0 Å². The van der Waals surface area contributed by atoms with Crippen molar-refractivity contribution in [2.75, 3.05) is 6.61 Å². The largest absolute Gasteiger partial charge is 0.493 e. The smallest absolute Gasteiger partial charge is 0.303 e. The van der Waals surface area contributed by atoms with Crippen LogP contribution in [-0.2, 0) is 9.59 Å². The minimum atomic E-state index is -0.738. The number of imide groups is 1. The van der Waals surface area contributed by atoms with Crippen molar-refractivity contribution in [2.24, 2.45) is 0 Å². The molecule has 3 rings (SSSR count). The third-order valence-corrected chi connectivity index (χ3v) is 5.45. The van der Waals surface area contributed by atoms with E-state index in [-0.39, 0.29) is 17.6 Å². The number of ether oxygens (including phenoxy) is 1. The van der Waals surface area contributed by atoms with Gasteiger partial charge >= 0.3 is 5.97 Å². The van der Waals surface area contributed by atoms with E-state index in [1.54, 1.807) is 6.08 Å². The van der Waals surface area contributed by atoms with Crippen LogP contribution in [0.5, 0.6) is 5.75 Å². The number of rotatable bonds is 10. The van der Waals surface area contributed by atoms with Crippen molar-refractivity contribution >= 4 is 45.7 Å². The molecule has 0 saturated carbocycles. The first-order chi connectivity index (χ1) is 14.0. The highest BCUT2D eigenvalue weighted by Crippen LogP contribution is 2.32. The number of carbonyl (C=O) groups is 3. The second-order valence-corrected chi connectivity index (χ2v) is 7.83. The van der Waals surface area contributed by atoms with Gasteiger partial charge in [-0.3, -0.25) is 19.7 Å². The van der Waals surface area contributed by atoms with Crippen LogP contribution in [0.4, 0.5) is 4.79 Å². The van der Waals surface area contributed by atoms with E-state index < -0.39 is 5.97 Å². The van der Waals surface area contributed by atoms with E-state index >= 15 is 0 Å². The van der Waals surface area contributed by atoms with Gasteiger partial charge in [0.05, 0.1) is 11.5 Å². The Balaban J connectivity index is 1.61. The van der Waals surface area contributed by atoms with Crippen LogP contribution in [0.15, 0.2) is 41.3 Å². The summed E-state index contributed by atoms with van der Waals surface area (Å²) in [5.74, 6) is -0.320. The fourth-order valence-electron chi connectivity index (χ4n) is 3.20. The molecule has 0 aromatic heterocycles. The second kappa shape index (κ2) is 10.1. The van der Waals surface area contributed by atoms with E-state index in [0.717, 1.165) is 66.0 Å². The number of carboxylic acid groups (broad SMARTS) is 1. The predicted octanol–water partition coefficient (Wildman–Crippen LogP) is 4.97. The third-order valence-electron chi connectivity index (χ3n) is 4.64. The summed E-state index contributed by atoms with van der Waals surface area (Å²) in [7, 11) is 0. The molecule has 152 valence electrons. The zero-order valence-corrected chi connectivity index (χ0v) is 16.8. The summed E-state index contributed by atoms with van der Waals surface area (Å²) in [5.41, 5.74) is 0.860. The summed E-state index contributed by atoms with van der Waals surface area (Å²) in [4.78, 5) is 34.1. The highest BCUT2D eigenvalue weighted by Gasteiger charge is 2.25. The first kappa shape index (κ1) is 20.9. The average Bonchev–Trinajstić information content (AvgIpc) is 3.02. The third kappa shape index (κ3) is 5.84. The number of hydrogen-bond donors (Lipinski definition) is 2. The fraction of sp³-hybridized carbons (Fsp3) is 0.318. The monoisotopic (exact) mass is 413 g/mol. The Morgan fingerprint density at radius 3 is 2.45 bits per heavy atom. The first-order valence-corrected chi connectivity index (χ1v) is 10.5. The zero-order valence-electron chi connectivity index (χ0n) is 16.0. The van der Waals surface area contributed by atoms with E-state index in [1.165, 1.54) is 0 Å². The zero-order chi connectivity index (χ0) is 20.6. The Bertz CT molecular complexity index is 953. The Kier molecular flexibility index (Phi) is 7.30.